The van der Waals surface area contributed by atoms with Crippen LogP contribution in [-0.2, 0) is 12.0 Å². The topological polar surface area (TPSA) is 4.93 Å². The maximum absolute atomic E-state index is 2.44. The molecule has 9 aromatic carbocycles. The number of rotatable bonds is 6. The number of aryl methyl sites for hydroxylation is 3. The van der Waals surface area contributed by atoms with Crippen molar-refractivity contribution in [3.05, 3.63) is 193 Å². The number of hydrogen-bond acceptors (Lipinski definition) is 0. The van der Waals surface area contributed by atoms with Gasteiger partial charge in [0.25, 0.3) is 0 Å². The second-order valence-corrected chi connectivity index (χ2v) is 17.4. The Kier molecular flexibility index (Phi) is 8.87. The molecule has 10 rings (SSSR count). The zero-order valence-electron chi connectivity index (χ0n) is 34.9. The maximum atomic E-state index is 2.44. The van der Waals surface area contributed by atoms with Crippen LogP contribution in [0, 0.1) is 13.8 Å². The van der Waals surface area contributed by atoms with Gasteiger partial charge in [-0.25, -0.2) is 0 Å². The highest BCUT2D eigenvalue weighted by Crippen LogP contribution is 2.45. The molecule has 1 heteroatoms. The Labute approximate surface area is 348 Å². The highest BCUT2D eigenvalue weighted by Gasteiger charge is 2.19. The van der Waals surface area contributed by atoms with E-state index in [-0.39, 0.29) is 5.41 Å². The molecule has 1 nitrogen and oxygen atoms in total. The van der Waals surface area contributed by atoms with E-state index < -0.39 is 0 Å². The van der Waals surface area contributed by atoms with Gasteiger partial charge in [-0.05, 0) is 133 Å². The van der Waals surface area contributed by atoms with Crippen LogP contribution >= 0.6 is 0 Å². The van der Waals surface area contributed by atoms with Crippen molar-refractivity contribution in [2.24, 2.45) is 0 Å². The first-order valence-corrected chi connectivity index (χ1v) is 21.0. The molecule has 0 saturated heterocycles. The number of aromatic nitrogens is 1. The predicted molar refractivity (Wildman–Crippen MR) is 255 cm³/mol. The van der Waals surface area contributed by atoms with Gasteiger partial charge in [0.05, 0.1) is 0 Å². The molecule has 0 saturated carbocycles. The monoisotopic (exact) mass is 759 g/mol. The summed E-state index contributed by atoms with van der Waals surface area (Å²) in [4.78, 5) is 0. The first-order chi connectivity index (χ1) is 28.6. The molecular weight excluding hydrogens is 711 g/mol. The summed E-state index contributed by atoms with van der Waals surface area (Å²) in [6.07, 6.45) is 0. The largest absolute Gasteiger partial charge is 0.341 e. The van der Waals surface area contributed by atoms with E-state index in [9.17, 15) is 0 Å². The molecule has 1 aromatic heterocycles. The fourth-order valence-corrected chi connectivity index (χ4v) is 9.31. The van der Waals surface area contributed by atoms with E-state index in [2.05, 4.69) is 222 Å². The van der Waals surface area contributed by atoms with Crippen LogP contribution in [0.1, 0.15) is 44.4 Å². The Morgan fingerprint density at radius 3 is 1.24 bits per heavy atom. The molecule has 286 valence electrons. The van der Waals surface area contributed by atoms with E-state index >= 15 is 0 Å². The van der Waals surface area contributed by atoms with Gasteiger partial charge < -0.3 is 4.57 Å². The Hall–Kier alpha value is -6.70. The van der Waals surface area contributed by atoms with Crippen LogP contribution in [0.15, 0.2) is 176 Å². The van der Waals surface area contributed by atoms with E-state index in [1.165, 1.54) is 116 Å². The molecule has 0 atom stereocenters. The second-order valence-electron chi connectivity index (χ2n) is 17.4. The molecule has 0 fully saturated rings. The van der Waals surface area contributed by atoms with E-state index in [0.717, 1.165) is 6.54 Å². The van der Waals surface area contributed by atoms with Crippen molar-refractivity contribution >= 4 is 43.4 Å². The Morgan fingerprint density at radius 1 is 0.356 bits per heavy atom. The molecule has 0 radical (unpaired) electrons. The lowest BCUT2D eigenvalue weighted by molar-refractivity contribution is 0.591. The van der Waals surface area contributed by atoms with Gasteiger partial charge in [0.1, 0.15) is 0 Å². The number of hydrogen-bond donors (Lipinski definition) is 0. The summed E-state index contributed by atoms with van der Waals surface area (Å²) in [7, 11) is 0. The molecule has 0 N–H and O–H groups in total. The minimum Gasteiger partial charge on any atom is -0.341 e. The molecule has 1 heterocycles. The fraction of sp³-hybridized carbons (Fsp3) is 0.138. The summed E-state index contributed by atoms with van der Waals surface area (Å²) >= 11 is 0. The van der Waals surface area contributed by atoms with Gasteiger partial charge in [-0.3, -0.25) is 0 Å². The van der Waals surface area contributed by atoms with E-state index in [1.54, 1.807) is 0 Å². The van der Waals surface area contributed by atoms with Crippen LogP contribution in [0.25, 0.3) is 99.0 Å². The van der Waals surface area contributed by atoms with Gasteiger partial charge in [0.15, 0.2) is 0 Å². The predicted octanol–water partition coefficient (Wildman–Crippen LogP) is 16.4. The SMILES string of the molecule is CCn1c2ccc(-c3ccc(-c4ccc(-c5c6ccc(C)cc6c(-c6ccc(-c7ccccc7)cc6)c6ccc(C)cc56)cc4)cc3)cc2c2cc(C(C)(C)C)ccc21. The van der Waals surface area contributed by atoms with Gasteiger partial charge in [-0.1, -0.05) is 184 Å². The molecule has 0 unspecified atom stereocenters. The van der Waals surface area contributed by atoms with Crippen LogP contribution < -0.4 is 0 Å². The lowest BCUT2D eigenvalue weighted by Gasteiger charge is -2.19. The second kappa shape index (κ2) is 14.3. The van der Waals surface area contributed by atoms with E-state index in [0.29, 0.717) is 0 Å². The van der Waals surface area contributed by atoms with E-state index in [4.69, 9.17) is 0 Å². The Balaban J connectivity index is 1.02. The summed E-state index contributed by atoms with van der Waals surface area (Å²) in [6, 6.07) is 66.0. The first-order valence-electron chi connectivity index (χ1n) is 21.0. The summed E-state index contributed by atoms with van der Waals surface area (Å²) in [5, 5.41) is 7.80. The number of nitrogens with zero attached hydrogens (tertiary/aromatic N) is 1. The van der Waals surface area contributed by atoms with Crippen LogP contribution in [0.5, 0.6) is 0 Å². The van der Waals surface area contributed by atoms with Crippen molar-refractivity contribution in [2.75, 3.05) is 0 Å². The smallest absolute Gasteiger partial charge is 0.0491 e. The zero-order chi connectivity index (χ0) is 40.4. The van der Waals surface area contributed by atoms with Crippen LogP contribution in [0.3, 0.4) is 0 Å². The molecule has 0 aliphatic carbocycles. The van der Waals surface area contributed by atoms with Crippen molar-refractivity contribution in [3.63, 3.8) is 0 Å². The van der Waals surface area contributed by atoms with Crippen LogP contribution in [0.2, 0.25) is 0 Å². The molecule has 0 aliphatic rings. The third kappa shape index (κ3) is 6.43. The minimum absolute atomic E-state index is 0.0986. The lowest BCUT2D eigenvalue weighted by Crippen LogP contribution is -2.10. The van der Waals surface area contributed by atoms with Gasteiger partial charge in [0.2, 0.25) is 0 Å². The molecule has 59 heavy (non-hydrogen) atoms. The van der Waals surface area contributed by atoms with Gasteiger partial charge in [-0.2, -0.15) is 0 Å². The van der Waals surface area contributed by atoms with E-state index in [1.807, 2.05) is 0 Å². The van der Waals surface area contributed by atoms with Crippen LogP contribution in [0.4, 0.5) is 0 Å². The summed E-state index contributed by atoms with van der Waals surface area (Å²) in [6.45, 7) is 14.5. The third-order valence-electron chi connectivity index (χ3n) is 12.5. The molecule has 10 aromatic rings. The first kappa shape index (κ1) is 36.6. The van der Waals surface area contributed by atoms with Crippen molar-refractivity contribution in [3.8, 4) is 55.6 Å². The molecule has 0 bridgehead atoms. The molecule has 0 spiro atoms. The summed E-state index contributed by atoms with van der Waals surface area (Å²) in [5.74, 6) is 0. The lowest BCUT2D eigenvalue weighted by atomic mass is 9.84. The normalized spacial score (nSPS) is 12.0. The highest BCUT2D eigenvalue weighted by molar-refractivity contribution is 6.21. The summed E-state index contributed by atoms with van der Waals surface area (Å²) < 4.78 is 2.44. The standard InChI is InChI=1S/C58H49N/c1-7-59-54-31-27-46(35-50(54)51-36-47(58(4,5)6)28-32-55(51)59)43-17-15-41(16-18-43)42-21-25-45(26-22-42)57-49-30-14-37(2)33-52(49)56(48-29-13-38(3)34-53(48)57)44-23-19-40(20-24-44)39-11-9-8-10-12-39/h8-36H,7H2,1-6H3. The van der Waals surface area contributed by atoms with Gasteiger partial charge in [0, 0.05) is 28.4 Å². The fourth-order valence-electron chi connectivity index (χ4n) is 9.31. The molecule has 0 amide bonds. The number of benzene rings is 9. The third-order valence-corrected chi connectivity index (χ3v) is 12.5. The van der Waals surface area contributed by atoms with Gasteiger partial charge in [-0.15, -0.1) is 0 Å². The Morgan fingerprint density at radius 2 is 0.763 bits per heavy atom. The molecular formula is C58H49N. The average Bonchev–Trinajstić information content (AvgIpc) is 3.58. The van der Waals surface area contributed by atoms with Crippen molar-refractivity contribution in [2.45, 2.75) is 53.5 Å². The minimum atomic E-state index is 0.0986. The Bertz CT molecular complexity index is 3190. The average molecular weight is 760 g/mol. The molecule has 0 aliphatic heterocycles. The zero-order valence-corrected chi connectivity index (χ0v) is 34.9. The van der Waals surface area contributed by atoms with Crippen molar-refractivity contribution in [1.82, 2.24) is 4.57 Å². The highest BCUT2D eigenvalue weighted by atomic mass is 15.0. The van der Waals surface area contributed by atoms with Crippen LogP contribution in [-0.4, -0.2) is 4.57 Å². The van der Waals surface area contributed by atoms with Crippen molar-refractivity contribution < 1.29 is 0 Å². The van der Waals surface area contributed by atoms with Crippen molar-refractivity contribution in [1.29, 1.82) is 0 Å². The number of fused-ring (bicyclic) bond motifs is 5. The summed E-state index contributed by atoms with van der Waals surface area (Å²) in [5.41, 5.74) is 19.0. The van der Waals surface area contributed by atoms with Gasteiger partial charge >= 0.3 is 0 Å². The quantitative estimate of drug-likeness (QED) is 0.149. The maximum Gasteiger partial charge on any atom is 0.0491 e.